The fourth-order valence-corrected chi connectivity index (χ4v) is 2.93. The smallest absolute Gasteiger partial charge is 0.242 e. The molecule has 1 amide bonds. The van der Waals surface area contributed by atoms with Crippen molar-refractivity contribution in [2.24, 2.45) is 5.10 Å². The molecule has 0 saturated heterocycles. The molecule has 3 nitrogen and oxygen atoms in total. The SMILES string of the molecule is CCC(=O)N1N=C(c2ccc(Br)cc2)C[C@@H]1c1ccc(F)cc1. The Morgan fingerprint density at radius 2 is 1.87 bits per heavy atom. The zero-order valence-electron chi connectivity index (χ0n) is 12.7. The second-order valence-electron chi connectivity index (χ2n) is 5.42. The predicted molar refractivity (Wildman–Crippen MR) is 91.6 cm³/mol. The van der Waals surface area contributed by atoms with Crippen molar-refractivity contribution in [1.82, 2.24) is 5.01 Å². The third kappa shape index (κ3) is 3.34. The van der Waals surface area contributed by atoms with Crippen molar-refractivity contribution in [2.75, 3.05) is 0 Å². The number of rotatable bonds is 3. The van der Waals surface area contributed by atoms with Crippen LogP contribution in [0.25, 0.3) is 0 Å². The Kier molecular flexibility index (Phi) is 4.57. The summed E-state index contributed by atoms with van der Waals surface area (Å²) in [5.74, 6) is -0.319. The normalized spacial score (nSPS) is 17.3. The van der Waals surface area contributed by atoms with Crippen molar-refractivity contribution >= 4 is 27.5 Å². The summed E-state index contributed by atoms with van der Waals surface area (Å²) in [6.45, 7) is 1.82. The third-order valence-corrected chi connectivity index (χ3v) is 4.43. The minimum atomic E-state index is -0.283. The Balaban J connectivity index is 1.93. The van der Waals surface area contributed by atoms with E-state index in [0.29, 0.717) is 12.8 Å². The highest BCUT2D eigenvalue weighted by atomic mass is 79.9. The molecule has 1 aliphatic rings. The second-order valence-corrected chi connectivity index (χ2v) is 6.33. The number of carbonyl (C=O) groups is 1. The van der Waals surface area contributed by atoms with Crippen LogP contribution in [0.3, 0.4) is 0 Å². The fraction of sp³-hybridized carbons (Fsp3) is 0.222. The number of hydrogen-bond donors (Lipinski definition) is 0. The molecule has 1 atom stereocenters. The maximum Gasteiger partial charge on any atom is 0.242 e. The van der Waals surface area contributed by atoms with E-state index in [1.807, 2.05) is 31.2 Å². The van der Waals surface area contributed by atoms with Crippen LogP contribution in [0.2, 0.25) is 0 Å². The zero-order chi connectivity index (χ0) is 16.4. The molecule has 0 bridgehead atoms. The summed E-state index contributed by atoms with van der Waals surface area (Å²) >= 11 is 3.42. The van der Waals surface area contributed by atoms with Gasteiger partial charge in [-0.15, -0.1) is 0 Å². The lowest BCUT2D eigenvalue weighted by Crippen LogP contribution is -2.26. The molecule has 2 aromatic carbocycles. The highest BCUT2D eigenvalue weighted by Crippen LogP contribution is 2.33. The van der Waals surface area contributed by atoms with Crippen LogP contribution in [-0.4, -0.2) is 16.6 Å². The molecule has 1 heterocycles. The van der Waals surface area contributed by atoms with E-state index >= 15 is 0 Å². The minimum Gasteiger partial charge on any atom is -0.273 e. The second kappa shape index (κ2) is 6.62. The maximum atomic E-state index is 13.2. The number of halogens is 2. The first-order valence-corrected chi connectivity index (χ1v) is 8.28. The molecule has 0 spiro atoms. The van der Waals surface area contributed by atoms with Crippen LogP contribution in [0.5, 0.6) is 0 Å². The van der Waals surface area contributed by atoms with Gasteiger partial charge < -0.3 is 0 Å². The zero-order valence-corrected chi connectivity index (χ0v) is 14.3. The van der Waals surface area contributed by atoms with Crippen molar-refractivity contribution in [3.05, 3.63) is 69.9 Å². The van der Waals surface area contributed by atoms with Crippen molar-refractivity contribution in [3.63, 3.8) is 0 Å². The van der Waals surface area contributed by atoms with Gasteiger partial charge in [0.25, 0.3) is 0 Å². The van der Waals surface area contributed by atoms with Crippen LogP contribution < -0.4 is 0 Å². The van der Waals surface area contributed by atoms with E-state index in [1.54, 1.807) is 12.1 Å². The molecule has 0 aliphatic carbocycles. The molecule has 118 valence electrons. The van der Waals surface area contributed by atoms with Gasteiger partial charge in [0.05, 0.1) is 11.8 Å². The molecule has 2 aromatic rings. The summed E-state index contributed by atoms with van der Waals surface area (Å²) in [4.78, 5) is 12.2. The van der Waals surface area contributed by atoms with Crippen LogP contribution >= 0.6 is 15.9 Å². The number of hydrazone groups is 1. The molecule has 0 fully saturated rings. The van der Waals surface area contributed by atoms with E-state index in [0.717, 1.165) is 21.3 Å². The Labute approximate surface area is 142 Å². The predicted octanol–water partition coefficient (Wildman–Crippen LogP) is 4.68. The van der Waals surface area contributed by atoms with Crippen LogP contribution in [0.15, 0.2) is 58.1 Å². The van der Waals surface area contributed by atoms with Gasteiger partial charge in [0.2, 0.25) is 5.91 Å². The quantitative estimate of drug-likeness (QED) is 0.767. The average molecular weight is 375 g/mol. The lowest BCUT2D eigenvalue weighted by molar-refractivity contribution is -0.132. The van der Waals surface area contributed by atoms with Crippen molar-refractivity contribution in [2.45, 2.75) is 25.8 Å². The standard InChI is InChI=1S/C18H16BrFN2O/c1-2-18(23)22-17(13-5-9-15(20)10-6-13)11-16(21-22)12-3-7-14(19)8-4-12/h3-10,17H,2,11H2,1H3/t17-/m1/s1. The van der Waals surface area contributed by atoms with Gasteiger partial charge in [-0.05, 0) is 35.4 Å². The van der Waals surface area contributed by atoms with Crippen molar-refractivity contribution < 1.29 is 9.18 Å². The van der Waals surface area contributed by atoms with Crippen molar-refractivity contribution in [3.8, 4) is 0 Å². The molecule has 23 heavy (non-hydrogen) atoms. The first kappa shape index (κ1) is 15.9. The van der Waals surface area contributed by atoms with Gasteiger partial charge in [-0.1, -0.05) is 47.1 Å². The first-order chi connectivity index (χ1) is 11.1. The fourth-order valence-electron chi connectivity index (χ4n) is 2.66. The summed E-state index contributed by atoms with van der Waals surface area (Å²) in [7, 11) is 0. The van der Waals surface area contributed by atoms with Gasteiger partial charge in [-0.2, -0.15) is 5.10 Å². The summed E-state index contributed by atoms with van der Waals surface area (Å²) in [6.07, 6.45) is 1.01. The Morgan fingerprint density at radius 3 is 2.48 bits per heavy atom. The van der Waals surface area contributed by atoms with Gasteiger partial charge in [0.1, 0.15) is 5.82 Å². The molecule has 0 radical (unpaired) electrons. The summed E-state index contributed by atoms with van der Waals surface area (Å²) in [5.41, 5.74) is 2.75. The van der Waals surface area contributed by atoms with E-state index < -0.39 is 0 Å². The van der Waals surface area contributed by atoms with Crippen LogP contribution in [0.4, 0.5) is 4.39 Å². The number of hydrogen-bond acceptors (Lipinski definition) is 2. The largest absolute Gasteiger partial charge is 0.273 e. The first-order valence-electron chi connectivity index (χ1n) is 7.49. The van der Waals surface area contributed by atoms with Crippen LogP contribution in [0, 0.1) is 5.82 Å². The molecule has 0 saturated carbocycles. The molecule has 0 unspecified atom stereocenters. The van der Waals surface area contributed by atoms with Gasteiger partial charge in [0.15, 0.2) is 0 Å². The molecule has 0 aromatic heterocycles. The third-order valence-electron chi connectivity index (χ3n) is 3.90. The van der Waals surface area contributed by atoms with Gasteiger partial charge in [0, 0.05) is 17.3 Å². The molecular weight excluding hydrogens is 359 g/mol. The van der Waals surface area contributed by atoms with E-state index in [-0.39, 0.29) is 17.8 Å². The topological polar surface area (TPSA) is 32.7 Å². The van der Waals surface area contributed by atoms with Gasteiger partial charge in [-0.3, -0.25) is 4.79 Å². The Morgan fingerprint density at radius 1 is 1.22 bits per heavy atom. The maximum absolute atomic E-state index is 13.2. The minimum absolute atomic E-state index is 0.0357. The highest BCUT2D eigenvalue weighted by molar-refractivity contribution is 9.10. The average Bonchev–Trinajstić information content (AvgIpc) is 3.00. The highest BCUT2D eigenvalue weighted by Gasteiger charge is 2.32. The number of benzene rings is 2. The van der Waals surface area contributed by atoms with Crippen LogP contribution in [-0.2, 0) is 4.79 Å². The van der Waals surface area contributed by atoms with Gasteiger partial charge >= 0.3 is 0 Å². The summed E-state index contributed by atoms with van der Waals surface area (Å²) < 4.78 is 14.2. The molecule has 3 rings (SSSR count). The van der Waals surface area contributed by atoms with Gasteiger partial charge in [-0.25, -0.2) is 9.40 Å². The van der Waals surface area contributed by atoms with Crippen LogP contribution in [0.1, 0.15) is 36.9 Å². The Hall–Kier alpha value is -2.01. The van der Waals surface area contributed by atoms with E-state index in [4.69, 9.17) is 0 Å². The molecule has 1 aliphatic heterocycles. The van der Waals surface area contributed by atoms with E-state index in [2.05, 4.69) is 21.0 Å². The van der Waals surface area contributed by atoms with E-state index in [9.17, 15) is 9.18 Å². The Bertz CT molecular complexity index is 741. The number of nitrogens with zero attached hydrogens (tertiary/aromatic N) is 2. The molecular formula is C18H16BrFN2O. The molecule has 0 N–H and O–H groups in total. The monoisotopic (exact) mass is 374 g/mol. The number of amides is 1. The summed E-state index contributed by atoms with van der Waals surface area (Å²) in [6, 6.07) is 14.0. The van der Waals surface area contributed by atoms with E-state index in [1.165, 1.54) is 17.1 Å². The summed E-state index contributed by atoms with van der Waals surface area (Å²) in [5, 5.41) is 6.06. The number of carbonyl (C=O) groups excluding carboxylic acids is 1. The lowest BCUT2D eigenvalue weighted by Gasteiger charge is -2.21. The lowest BCUT2D eigenvalue weighted by atomic mass is 9.98. The van der Waals surface area contributed by atoms with Crippen molar-refractivity contribution in [1.29, 1.82) is 0 Å². The molecule has 5 heteroatoms.